The van der Waals surface area contributed by atoms with Crippen LogP contribution in [0.3, 0.4) is 0 Å². The number of nitrogens with zero attached hydrogens (tertiary/aromatic N) is 2. The van der Waals surface area contributed by atoms with E-state index in [1.165, 1.54) is 24.1 Å². The third-order valence-electron chi connectivity index (χ3n) is 8.73. The molecule has 260 valence electrons. The molecule has 2 aliphatic rings. The van der Waals surface area contributed by atoms with Crippen LogP contribution in [0.25, 0.3) is 0 Å². The standard InChI is InChI=1S/C38H46N4O7/c1-38(2,3)49-37(46)40-31-12-8-9-13-32(31)42(35(44)27-14-16-28(17-15-27)36(45)47-4)33(26-10-6-5-7-11-26)34(43)39-29-18-20-30(21-19-29)41-22-24-48-25-23-41/h8-9,12-21,26,33H,5-7,10-11,22-25H2,1-4H3,(H,39,43)(H,40,46). The Morgan fingerprint density at radius 2 is 1.47 bits per heavy atom. The first-order chi connectivity index (χ1) is 23.5. The van der Waals surface area contributed by atoms with Crippen molar-refractivity contribution in [2.24, 2.45) is 5.92 Å². The van der Waals surface area contributed by atoms with Crippen LogP contribution < -0.4 is 20.4 Å². The van der Waals surface area contributed by atoms with E-state index in [1.807, 2.05) is 24.3 Å². The van der Waals surface area contributed by atoms with Crippen molar-refractivity contribution in [1.29, 1.82) is 0 Å². The van der Waals surface area contributed by atoms with Gasteiger partial charge >= 0.3 is 12.1 Å². The van der Waals surface area contributed by atoms with Crippen LogP contribution in [-0.2, 0) is 19.0 Å². The molecular weight excluding hydrogens is 624 g/mol. The Morgan fingerprint density at radius 1 is 0.837 bits per heavy atom. The number of anilines is 4. The van der Waals surface area contributed by atoms with E-state index in [9.17, 15) is 19.2 Å². The summed E-state index contributed by atoms with van der Waals surface area (Å²) >= 11 is 0. The average molecular weight is 671 g/mol. The number of methoxy groups -OCH3 is 1. The molecule has 0 spiro atoms. The summed E-state index contributed by atoms with van der Waals surface area (Å²) in [7, 11) is 1.29. The van der Waals surface area contributed by atoms with E-state index >= 15 is 0 Å². The van der Waals surface area contributed by atoms with Gasteiger partial charge in [0.1, 0.15) is 11.6 Å². The Morgan fingerprint density at radius 3 is 2.10 bits per heavy atom. The van der Waals surface area contributed by atoms with Crippen molar-refractivity contribution in [1.82, 2.24) is 0 Å². The van der Waals surface area contributed by atoms with Gasteiger partial charge in [-0.25, -0.2) is 9.59 Å². The molecule has 1 aliphatic heterocycles. The van der Waals surface area contributed by atoms with E-state index in [4.69, 9.17) is 14.2 Å². The first kappa shape index (κ1) is 35.4. The number of ether oxygens (including phenoxy) is 3. The minimum absolute atomic E-state index is 0.158. The van der Waals surface area contributed by atoms with Crippen LogP contribution in [0.15, 0.2) is 72.8 Å². The van der Waals surface area contributed by atoms with Crippen molar-refractivity contribution in [2.75, 3.05) is 53.8 Å². The van der Waals surface area contributed by atoms with Crippen molar-refractivity contribution in [2.45, 2.75) is 64.5 Å². The highest BCUT2D eigenvalue weighted by Gasteiger charge is 2.40. The van der Waals surface area contributed by atoms with Crippen molar-refractivity contribution in [3.63, 3.8) is 0 Å². The number of esters is 1. The van der Waals surface area contributed by atoms with Crippen LogP contribution in [0.5, 0.6) is 0 Å². The van der Waals surface area contributed by atoms with Crippen molar-refractivity contribution >= 4 is 46.6 Å². The third-order valence-corrected chi connectivity index (χ3v) is 8.73. The van der Waals surface area contributed by atoms with Crippen molar-refractivity contribution in [3.05, 3.63) is 83.9 Å². The maximum atomic E-state index is 14.7. The fourth-order valence-corrected chi connectivity index (χ4v) is 6.38. The van der Waals surface area contributed by atoms with Gasteiger partial charge in [0.05, 0.1) is 37.3 Å². The smallest absolute Gasteiger partial charge is 0.412 e. The lowest BCUT2D eigenvalue weighted by atomic mass is 9.82. The fourth-order valence-electron chi connectivity index (χ4n) is 6.38. The van der Waals surface area contributed by atoms with E-state index in [0.29, 0.717) is 35.8 Å². The quantitative estimate of drug-likeness (QED) is 0.236. The third kappa shape index (κ3) is 9.17. The largest absolute Gasteiger partial charge is 0.465 e. The zero-order valence-electron chi connectivity index (χ0n) is 28.7. The van der Waals surface area contributed by atoms with E-state index in [1.54, 1.807) is 57.2 Å². The molecule has 11 nitrogen and oxygen atoms in total. The molecule has 0 aromatic heterocycles. The normalized spacial score (nSPS) is 15.9. The molecule has 1 aliphatic carbocycles. The fraction of sp³-hybridized carbons (Fsp3) is 0.421. The van der Waals surface area contributed by atoms with E-state index in [2.05, 4.69) is 15.5 Å². The Labute approximate surface area is 287 Å². The summed E-state index contributed by atoms with van der Waals surface area (Å²) in [6.45, 7) is 8.23. The molecule has 3 amide bonds. The molecule has 2 N–H and O–H groups in total. The molecular formula is C38H46N4O7. The van der Waals surface area contributed by atoms with Gasteiger partial charge < -0.3 is 24.4 Å². The predicted octanol–water partition coefficient (Wildman–Crippen LogP) is 6.89. The second-order valence-electron chi connectivity index (χ2n) is 13.4. The topological polar surface area (TPSA) is 127 Å². The van der Waals surface area contributed by atoms with Gasteiger partial charge in [0.15, 0.2) is 0 Å². The van der Waals surface area contributed by atoms with E-state index in [-0.39, 0.29) is 17.4 Å². The summed E-state index contributed by atoms with van der Waals surface area (Å²) in [4.78, 5) is 58.1. The van der Waals surface area contributed by atoms with E-state index < -0.39 is 29.6 Å². The first-order valence-corrected chi connectivity index (χ1v) is 16.9. The second kappa shape index (κ2) is 16.0. The van der Waals surface area contributed by atoms with Crippen LogP contribution in [-0.4, -0.2) is 68.9 Å². The molecule has 49 heavy (non-hydrogen) atoms. The molecule has 1 unspecified atom stereocenters. The Hall–Kier alpha value is -4.90. The van der Waals surface area contributed by atoms with Crippen LogP contribution in [0.2, 0.25) is 0 Å². The van der Waals surface area contributed by atoms with Gasteiger partial charge in [-0.05, 0) is 100 Å². The number of morpholine rings is 1. The summed E-state index contributed by atoms with van der Waals surface area (Å²) in [5.41, 5.74) is 2.13. The number of benzene rings is 3. The predicted molar refractivity (Wildman–Crippen MR) is 189 cm³/mol. The average Bonchev–Trinajstić information content (AvgIpc) is 3.10. The van der Waals surface area contributed by atoms with Gasteiger partial charge in [-0.3, -0.25) is 19.8 Å². The summed E-state index contributed by atoms with van der Waals surface area (Å²) in [6, 6.07) is 19.8. The first-order valence-electron chi connectivity index (χ1n) is 16.9. The van der Waals surface area contributed by atoms with Gasteiger partial charge in [0.25, 0.3) is 5.91 Å². The Kier molecular flexibility index (Phi) is 11.6. The maximum absolute atomic E-state index is 14.7. The molecule has 5 rings (SSSR count). The molecule has 0 radical (unpaired) electrons. The van der Waals surface area contributed by atoms with Gasteiger partial charge in [-0.15, -0.1) is 0 Å². The summed E-state index contributed by atoms with van der Waals surface area (Å²) < 4.78 is 15.9. The zero-order valence-corrected chi connectivity index (χ0v) is 28.7. The lowest BCUT2D eigenvalue weighted by Crippen LogP contribution is -2.52. The molecule has 11 heteroatoms. The van der Waals surface area contributed by atoms with Gasteiger partial charge in [0, 0.05) is 30.0 Å². The van der Waals surface area contributed by atoms with Crippen LogP contribution in [0.1, 0.15) is 73.6 Å². The molecule has 3 aromatic carbocycles. The molecule has 1 heterocycles. The highest BCUT2D eigenvalue weighted by molar-refractivity contribution is 6.14. The minimum atomic E-state index is -0.923. The van der Waals surface area contributed by atoms with Crippen molar-refractivity contribution < 1.29 is 33.4 Å². The van der Waals surface area contributed by atoms with Gasteiger partial charge in [-0.1, -0.05) is 31.4 Å². The lowest BCUT2D eigenvalue weighted by molar-refractivity contribution is -0.118. The molecule has 0 bridgehead atoms. The monoisotopic (exact) mass is 670 g/mol. The number of carbonyl (C=O) groups is 4. The summed E-state index contributed by atoms with van der Waals surface area (Å²) in [6.07, 6.45) is 3.72. The summed E-state index contributed by atoms with van der Waals surface area (Å²) in [5, 5.41) is 5.91. The van der Waals surface area contributed by atoms with Crippen molar-refractivity contribution in [3.8, 4) is 0 Å². The number of nitrogens with one attached hydrogen (secondary N) is 2. The van der Waals surface area contributed by atoms with Crippen LogP contribution in [0, 0.1) is 5.92 Å². The van der Waals surface area contributed by atoms with E-state index in [0.717, 1.165) is 50.9 Å². The Balaban J connectivity index is 1.54. The molecule has 1 saturated heterocycles. The van der Waals surface area contributed by atoms with Gasteiger partial charge in [0.2, 0.25) is 5.91 Å². The minimum Gasteiger partial charge on any atom is -0.465 e. The number of carbonyl (C=O) groups excluding carboxylic acids is 4. The van der Waals surface area contributed by atoms with Crippen LogP contribution in [0.4, 0.5) is 27.5 Å². The number of amides is 3. The lowest BCUT2D eigenvalue weighted by Gasteiger charge is -2.38. The number of rotatable bonds is 9. The molecule has 1 atom stereocenters. The zero-order chi connectivity index (χ0) is 35.0. The second-order valence-corrected chi connectivity index (χ2v) is 13.4. The molecule has 2 fully saturated rings. The maximum Gasteiger partial charge on any atom is 0.412 e. The van der Waals surface area contributed by atoms with Crippen LogP contribution >= 0.6 is 0 Å². The highest BCUT2D eigenvalue weighted by Crippen LogP contribution is 2.37. The summed E-state index contributed by atoms with van der Waals surface area (Å²) in [5.74, 6) is -1.48. The Bertz CT molecular complexity index is 1610. The SMILES string of the molecule is COC(=O)c1ccc(C(=O)N(c2ccccc2NC(=O)OC(C)(C)C)C(C(=O)Nc2ccc(N3CCOCC3)cc2)C2CCCCC2)cc1. The number of hydrogen-bond acceptors (Lipinski definition) is 8. The highest BCUT2D eigenvalue weighted by atomic mass is 16.6. The van der Waals surface area contributed by atoms with Gasteiger partial charge in [-0.2, -0.15) is 0 Å². The molecule has 3 aromatic rings. The number of para-hydroxylation sites is 2. The number of hydrogen-bond donors (Lipinski definition) is 2. The molecule has 1 saturated carbocycles.